The molecule has 0 N–H and O–H groups in total. The van der Waals surface area contributed by atoms with E-state index in [2.05, 4.69) is 19.7 Å². The van der Waals surface area contributed by atoms with Crippen LogP contribution in [0.4, 0.5) is 5.82 Å². The highest BCUT2D eigenvalue weighted by Crippen LogP contribution is 2.12. The Hall–Kier alpha value is -2.89. The van der Waals surface area contributed by atoms with E-state index in [-0.39, 0.29) is 5.97 Å². The fourth-order valence-corrected chi connectivity index (χ4v) is 2.55. The first-order valence-electron chi connectivity index (χ1n) is 7.89. The number of hydrogen-bond acceptors (Lipinski definition) is 6. The molecule has 0 spiro atoms. The van der Waals surface area contributed by atoms with Crippen molar-refractivity contribution in [1.82, 2.24) is 9.99 Å². The van der Waals surface area contributed by atoms with E-state index in [4.69, 9.17) is 0 Å². The second-order valence-corrected chi connectivity index (χ2v) is 5.49. The van der Waals surface area contributed by atoms with Crippen molar-refractivity contribution in [2.24, 2.45) is 5.10 Å². The average Bonchev–Trinajstić information content (AvgIpc) is 2.67. The minimum Gasteiger partial charge on any atom is -0.465 e. The summed E-state index contributed by atoms with van der Waals surface area (Å²) < 4.78 is 4.69. The van der Waals surface area contributed by atoms with Crippen LogP contribution in [-0.2, 0) is 4.74 Å². The van der Waals surface area contributed by atoms with Gasteiger partial charge in [-0.25, -0.2) is 9.78 Å². The van der Waals surface area contributed by atoms with E-state index < -0.39 is 0 Å². The summed E-state index contributed by atoms with van der Waals surface area (Å²) >= 11 is 0. The first kappa shape index (κ1) is 16.0. The third-order valence-electron chi connectivity index (χ3n) is 3.93. The van der Waals surface area contributed by atoms with Crippen molar-refractivity contribution < 1.29 is 9.53 Å². The molecule has 0 atom stereocenters. The summed E-state index contributed by atoms with van der Waals surface area (Å²) in [6.45, 7) is 3.51. The summed E-state index contributed by atoms with van der Waals surface area (Å²) in [5, 5.41) is 6.57. The number of piperazine rings is 1. The number of methoxy groups -OCH3 is 1. The fourth-order valence-electron chi connectivity index (χ4n) is 2.55. The third-order valence-corrected chi connectivity index (χ3v) is 3.93. The molecule has 24 heavy (non-hydrogen) atoms. The Kier molecular flexibility index (Phi) is 5.05. The summed E-state index contributed by atoms with van der Waals surface area (Å²) in [6.07, 6.45) is 3.63. The Labute approximate surface area is 141 Å². The summed E-state index contributed by atoms with van der Waals surface area (Å²) in [6, 6.07) is 13.2. The minimum absolute atomic E-state index is 0.330. The first-order chi connectivity index (χ1) is 11.8. The number of esters is 1. The topological polar surface area (TPSA) is 58.0 Å². The lowest BCUT2D eigenvalue weighted by atomic mass is 10.1. The van der Waals surface area contributed by atoms with E-state index in [0.717, 1.165) is 37.6 Å². The summed E-state index contributed by atoms with van der Waals surface area (Å²) in [5.74, 6) is 0.684. The Balaban J connectivity index is 1.54. The van der Waals surface area contributed by atoms with E-state index in [9.17, 15) is 4.79 Å². The monoisotopic (exact) mass is 324 g/mol. The number of pyridine rings is 1. The molecule has 0 bridgehead atoms. The molecule has 0 amide bonds. The normalized spacial score (nSPS) is 14.9. The Morgan fingerprint density at radius 2 is 1.88 bits per heavy atom. The summed E-state index contributed by atoms with van der Waals surface area (Å²) in [4.78, 5) is 18.0. The molecule has 2 heterocycles. The number of anilines is 1. The third kappa shape index (κ3) is 3.90. The largest absolute Gasteiger partial charge is 0.465 e. The van der Waals surface area contributed by atoms with E-state index in [1.165, 1.54) is 7.11 Å². The quantitative estimate of drug-likeness (QED) is 0.636. The van der Waals surface area contributed by atoms with Gasteiger partial charge in [-0.1, -0.05) is 18.2 Å². The molecular weight excluding hydrogens is 304 g/mol. The van der Waals surface area contributed by atoms with E-state index >= 15 is 0 Å². The van der Waals surface area contributed by atoms with Crippen LogP contribution in [0.3, 0.4) is 0 Å². The van der Waals surface area contributed by atoms with Crippen molar-refractivity contribution in [2.75, 3.05) is 38.2 Å². The maximum Gasteiger partial charge on any atom is 0.337 e. The molecule has 1 aliphatic rings. The predicted octanol–water partition coefficient (Wildman–Crippen LogP) is 2.02. The lowest BCUT2D eigenvalue weighted by Crippen LogP contribution is -2.44. The first-order valence-corrected chi connectivity index (χ1v) is 7.89. The second-order valence-electron chi connectivity index (χ2n) is 5.49. The van der Waals surface area contributed by atoms with Crippen LogP contribution >= 0.6 is 0 Å². The molecular formula is C18H20N4O2. The van der Waals surface area contributed by atoms with Crippen LogP contribution in [0.25, 0.3) is 0 Å². The smallest absolute Gasteiger partial charge is 0.337 e. The minimum atomic E-state index is -0.330. The molecule has 0 unspecified atom stereocenters. The van der Waals surface area contributed by atoms with Crippen molar-refractivity contribution in [3.05, 3.63) is 59.8 Å². The molecule has 0 saturated carbocycles. The Bertz CT molecular complexity index is 693. The van der Waals surface area contributed by atoms with E-state index in [1.54, 1.807) is 12.1 Å². The Morgan fingerprint density at radius 1 is 1.12 bits per heavy atom. The lowest BCUT2D eigenvalue weighted by molar-refractivity contribution is 0.0600. The van der Waals surface area contributed by atoms with Crippen molar-refractivity contribution in [2.45, 2.75) is 0 Å². The molecule has 1 aromatic carbocycles. The zero-order chi connectivity index (χ0) is 16.8. The van der Waals surface area contributed by atoms with Crippen LogP contribution < -0.4 is 4.90 Å². The van der Waals surface area contributed by atoms with Gasteiger partial charge in [-0.3, -0.25) is 5.01 Å². The highest BCUT2D eigenvalue weighted by molar-refractivity contribution is 5.90. The molecule has 0 radical (unpaired) electrons. The average molecular weight is 324 g/mol. The number of benzene rings is 1. The van der Waals surface area contributed by atoms with E-state index in [1.807, 2.05) is 47.8 Å². The number of carbonyl (C=O) groups excluding carboxylic acids is 1. The summed E-state index contributed by atoms with van der Waals surface area (Å²) in [5.41, 5.74) is 1.49. The molecule has 1 fully saturated rings. The van der Waals surface area contributed by atoms with E-state index in [0.29, 0.717) is 5.56 Å². The molecule has 1 aromatic heterocycles. The number of carbonyl (C=O) groups is 1. The maximum atomic E-state index is 11.4. The SMILES string of the molecule is COC(=O)c1ccc(C=NN2CCN(c3ccccn3)CC2)cc1. The highest BCUT2D eigenvalue weighted by Gasteiger charge is 2.16. The predicted molar refractivity (Wildman–Crippen MR) is 93.4 cm³/mol. The second kappa shape index (κ2) is 7.59. The number of rotatable bonds is 4. The lowest BCUT2D eigenvalue weighted by Gasteiger charge is -2.33. The summed E-state index contributed by atoms with van der Waals surface area (Å²) in [7, 11) is 1.38. The van der Waals surface area contributed by atoms with Crippen LogP contribution in [-0.4, -0.2) is 55.5 Å². The fraction of sp³-hybridized carbons (Fsp3) is 0.278. The van der Waals surface area contributed by atoms with Gasteiger partial charge in [0.15, 0.2) is 0 Å². The zero-order valence-corrected chi connectivity index (χ0v) is 13.6. The van der Waals surface area contributed by atoms with Crippen molar-refractivity contribution in [3.63, 3.8) is 0 Å². The van der Waals surface area contributed by atoms with Crippen LogP contribution in [0.15, 0.2) is 53.8 Å². The van der Waals surface area contributed by atoms with Crippen LogP contribution in [0.5, 0.6) is 0 Å². The number of aromatic nitrogens is 1. The van der Waals surface area contributed by atoms with Gasteiger partial charge < -0.3 is 9.64 Å². The molecule has 1 aliphatic heterocycles. The highest BCUT2D eigenvalue weighted by atomic mass is 16.5. The molecule has 6 heteroatoms. The molecule has 6 nitrogen and oxygen atoms in total. The number of hydrogen-bond donors (Lipinski definition) is 0. The van der Waals surface area contributed by atoms with Gasteiger partial charge in [0.25, 0.3) is 0 Å². The molecule has 0 aliphatic carbocycles. The van der Waals surface area contributed by atoms with Crippen LogP contribution in [0.2, 0.25) is 0 Å². The van der Waals surface area contributed by atoms with Gasteiger partial charge >= 0.3 is 5.97 Å². The van der Waals surface area contributed by atoms with Gasteiger partial charge in [-0.15, -0.1) is 0 Å². The van der Waals surface area contributed by atoms with Gasteiger partial charge in [0.1, 0.15) is 5.82 Å². The molecule has 3 rings (SSSR count). The standard InChI is InChI=1S/C18H20N4O2/c1-24-18(23)16-7-5-15(6-8-16)14-20-22-12-10-21(11-13-22)17-4-2-3-9-19-17/h2-9,14H,10-13H2,1H3. The van der Waals surface area contributed by atoms with Crippen molar-refractivity contribution in [1.29, 1.82) is 0 Å². The van der Waals surface area contributed by atoms with Crippen molar-refractivity contribution in [3.8, 4) is 0 Å². The molecule has 2 aromatic rings. The Morgan fingerprint density at radius 3 is 2.50 bits per heavy atom. The van der Waals surface area contributed by atoms with Gasteiger partial charge in [0.05, 0.1) is 32.0 Å². The van der Waals surface area contributed by atoms with Gasteiger partial charge in [0.2, 0.25) is 0 Å². The van der Waals surface area contributed by atoms with Gasteiger partial charge in [-0.05, 0) is 29.8 Å². The molecule has 124 valence electrons. The molecule has 1 saturated heterocycles. The number of nitrogens with zero attached hydrogens (tertiary/aromatic N) is 4. The number of ether oxygens (including phenoxy) is 1. The number of hydrazone groups is 1. The maximum absolute atomic E-state index is 11.4. The van der Waals surface area contributed by atoms with Gasteiger partial charge in [0, 0.05) is 19.3 Å². The van der Waals surface area contributed by atoms with Gasteiger partial charge in [-0.2, -0.15) is 5.10 Å². The van der Waals surface area contributed by atoms with Crippen LogP contribution in [0, 0.1) is 0 Å². The van der Waals surface area contributed by atoms with Crippen LogP contribution in [0.1, 0.15) is 15.9 Å². The van der Waals surface area contributed by atoms with Crippen molar-refractivity contribution >= 4 is 18.0 Å². The zero-order valence-electron chi connectivity index (χ0n) is 13.6.